The predicted molar refractivity (Wildman–Crippen MR) is 76.5 cm³/mol. The summed E-state index contributed by atoms with van der Waals surface area (Å²) in [6.07, 6.45) is 2.21. The van der Waals surface area contributed by atoms with E-state index in [1.807, 2.05) is 13.8 Å². The van der Waals surface area contributed by atoms with Gasteiger partial charge in [0.05, 0.1) is 19.3 Å². The minimum absolute atomic E-state index is 0.0705. The molecule has 0 spiro atoms. The average molecular weight is 293 g/mol. The molecule has 0 bridgehead atoms. The number of nitrogens with zero attached hydrogens (tertiary/aromatic N) is 1. The maximum atomic E-state index is 12.2. The predicted octanol–water partition coefficient (Wildman–Crippen LogP) is 3.10. The van der Waals surface area contributed by atoms with E-state index in [2.05, 4.69) is 18.7 Å². The van der Waals surface area contributed by atoms with E-state index in [0.717, 1.165) is 25.9 Å². The van der Waals surface area contributed by atoms with Crippen LogP contribution in [0.3, 0.4) is 0 Å². The molecule has 6 heteroatoms. The first-order chi connectivity index (χ1) is 9.00. The van der Waals surface area contributed by atoms with Gasteiger partial charge in [0.15, 0.2) is 0 Å². The lowest BCUT2D eigenvalue weighted by Crippen LogP contribution is -2.41. The first-order valence-corrected chi connectivity index (χ1v) is 8.97. The van der Waals surface area contributed by atoms with Crippen LogP contribution in [0.25, 0.3) is 0 Å². The van der Waals surface area contributed by atoms with Crippen LogP contribution in [0, 0.1) is 0 Å². The smallest absolute Gasteiger partial charge is 0.356 e. The van der Waals surface area contributed by atoms with Crippen molar-refractivity contribution in [1.82, 2.24) is 4.90 Å². The molecule has 0 amide bonds. The Labute approximate surface area is 117 Å². The largest absolute Gasteiger partial charge is 0.365 e. The van der Waals surface area contributed by atoms with E-state index in [1.54, 1.807) is 0 Å². The zero-order chi connectivity index (χ0) is 14.3. The summed E-state index contributed by atoms with van der Waals surface area (Å²) in [6.45, 7) is 10.9. The van der Waals surface area contributed by atoms with E-state index in [4.69, 9.17) is 13.8 Å². The highest BCUT2D eigenvalue weighted by molar-refractivity contribution is 7.53. The summed E-state index contributed by atoms with van der Waals surface area (Å²) in [5, 5.41) is 0. The average Bonchev–Trinajstić information content (AvgIpc) is 2.37. The lowest BCUT2D eigenvalue weighted by Gasteiger charge is -2.34. The van der Waals surface area contributed by atoms with Gasteiger partial charge in [0, 0.05) is 19.1 Å². The first-order valence-electron chi connectivity index (χ1n) is 7.24. The van der Waals surface area contributed by atoms with Crippen molar-refractivity contribution in [3.63, 3.8) is 0 Å². The number of ether oxygens (including phenoxy) is 1. The highest BCUT2D eigenvalue weighted by Gasteiger charge is 2.28. The molecule has 0 aromatic heterocycles. The van der Waals surface area contributed by atoms with E-state index in [0.29, 0.717) is 19.3 Å². The molecule has 114 valence electrons. The van der Waals surface area contributed by atoms with Gasteiger partial charge in [-0.15, -0.1) is 0 Å². The summed E-state index contributed by atoms with van der Waals surface area (Å²) in [4.78, 5) is 2.44. The van der Waals surface area contributed by atoms with Crippen molar-refractivity contribution in [3.8, 4) is 0 Å². The van der Waals surface area contributed by atoms with Crippen molar-refractivity contribution in [1.29, 1.82) is 0 Å². The number of piperidine rings is 1. The van der Waals surface area contributed by atoms with Crippen LogP contribution in [0.5, 0.6) is 0 Å². The topological polar surface area (TPSA) is 48.0 Å². The number of hydrogen-bond donors (Lipinski definition) is 0. The molecule has 0 aliphatic carbocycles. The third-order valence-electron chi connectivity index (χ3n) is 3.33. The zero-order valence-corrected chi connectivity index (χ0v) is 13.5. The van der Waals surface area contributed by atoms with Gasteiger partial charge in [0.1, 0.15) is 6.35 Å². The molecule has 0 atom stereocenters. The SMILES string of the molecule is CCOP(=O)(COC1CCN(C(C)C)CC1)OCC. The minimum Gasteiger partial charge on any atom is -0.365 e. The Hall–Kier alpha value is 0.0700. The maximum absolute atomic E-state index is 12.2. The van der Waals surface area contributed by atoms with Crippen molar-refractivity contribution in [2.75, 3.05) is 32.7 Å². The fourth-order valence-corrected chi connectivity index (χ4v) is 3.66. The molecule has 0 aromatic carbocycles. The summed E-state index contributed by atoms with van der Waals surface area (Å²) in [6, 6.07) is 0.582. The van der Waals surface area contributed by atoms with Crippen LogP contribution < -0.4 is 0 Å². The van der Waals surface area contributed by atoms with Gasteiger partial charge in [0.2, 0.25) is 0 Å². The molecule has 1 aliphatic heterocycles. The molecule has 1 rings (SSSR count). The number of hydrogen-bond acceptors (Lipinski definition) is 5. The van der Waals surface area contributed by atoms with E-state index in [1.165, 1.54) is 0 Å². The Morgan fingerprint density at radius 2 is 1.68 bits per heavy atom. The van der Waals surface area contributed by atoms with Gasteiger partial charge in [-0.2, -0.15) is 0 Å². The molecule has 19 heavy (non-hydrogen) atoms. The van der Waals surface area contributed by atoms with Gasteiger partial charge < -0.3 is 18.7 Å². The lowest BCUT2D eigenvalue weighted by molar-refractivity contribution is 0.0128. The molecule has 1 saturated heterocycles. The summed E-state index contributed by atoms with van der Waals surface area (Å²) in [5.41, 5.74) is 0. The second-order valence-corrected chi connectivity index (χ2v) is 7.07. The molecule has 0 N–H and O–H groups in total. The molecule has 0 unspecified atom stereocenters. The minimum atomic E-state index is -3.06. The summed E-state index contributed by atoms with van der Waals surface area (Å²) in [7, 11) is -3.06. The Bertz CT molecular complexity index is 280. The zero-order valence-electron chi connectivity index (χ0n) is 12.6. The van der Waals surface area contributed by atoms with E-state index >= 15 is 0 Å². The monoisotopic (exact) mass is 293 g/mol. The van der Waals surface area contributed by atoms with Crippen LogP contribution in [-0.4, -0.2) is 49.7 Å². The highest BCUT2D eigenvalue weighted by atomic mass is 31.2. The Morgan fingerprint density at radius 1 is 1.16 bits per heavy atom. The van der Waals surface area contributed by atoms with Crippen molar-refractivity contribution >= 4 is 7.60 Å². The van der Waals surface area contributed by atoms with E-state index < -0.39 is 7.60 Å². The summed E-state index contributed by atoms with van der Waals surface area (Å²) in [5.74, 6) is 0. The number of likely N-dealkylation sites (tertiary alicyclic amines) is 1. The molecule has 1 aliphatic rings. The van der Waals surface area contributed by atoms with Gasteiger partial charge in [-0.1, -0.05) is 0 Å². The first kappa shape index (κ1) is 17.1. The molecule has 0 radical (unpaired) electrons. The van der Waals surface area contributed by atoms with Crippen molar-refractivity contribution in [2.24, 2.45) is 0 Å². The standard InChI is InChI=1S/C13H28NO4P/c1-5-17-19(15,18-6-2)11-16-13-7-9-14(10-8-13)12(3)4/h12-13H,5-11H2,1-4H3. The van der Waals surface area contributed by atoms with Gasteiger partial charge in [-0.25, -0.2) is 0 Å². The molecular weight excluding hydrogens is 265 g/mol. The van der Waals surface area contributed by atoms with Gasteiger partial charge in [0.25, 0.3) is 0 Å². The number of rotatable bonds is 8. The Morgan fingerprint density at radius 3 is 2.11 bits per heavy atom. The molecule has 5 nitrogen and oxygen atoms in total. The second-order valence-electron chi connectivity index (χ2n) is 5.07. The van der Waals surface area contributed by atoms with Crippen LogP contribution in [0.4, 0.5) is 0 Å². The third kappa shape index (κ3) is 5.92. The van der Waals surface area contributed by atoms with Crippen LogP contribution in [-0.2, 0) is 18.3 Å². The quantitative estimate of drug-likeness (QED) is 0.644. The van der Waals surface area contributed by atoms with E-state index in [9.17, 15) is 4.57 Å². The van der Waals surface area contributed by atoms with Crippen LogP contribution in [0.15, 0.2) is 0 Å². The van der Waals surface area contributed by atoms with Crippen molar-refractivity contribution < 1.29 is 18.3 Å². The fraction of sp³-hybridized carbons (Fsp3) is 1.00. The van der Waals surface area contributed by atoms with Crippen LogP contribution in [0.2, 0.25) is 0 Å². The molecule has 1 heterocycles. The lowest BCUT2D eigenvalue weighted by atomic mass is 10.1. The normalized spacial score (nSPS) is 19.2. The Kier molecular flexibility index (Phi) is 7.55. The molecular formula is C13H28NO4P. The van der Waals surface area contributed by atoms with Gasteiger partial charge in [-0.3, -0.25) is 4.57 Å². The fourth-order valence-electron chi connectivity index (χ4n) is 2.26. The summed E-state index contributed by atoms with van der Waals surface area (Å²) >= 11 is 0. The summed E-state index contributed by atoms with van der Waals surface area (Å²) < 4.78 is 28.4. The van der Waals surface area contributed by atoms with Crippen molar-refractivity contribution in [2.45, 2.75) is 52.7 Å². The molecule has 0 saturated carbocycles. The molecule has 0 aromatic rings. The van der Waals surface area contributed by atoms with E-state index in [-0.39, 0.29) is 12.5 Å². The van der Waals surface area contributed by atoms with Gasteiger partial charge >= 0.3 is 7.60 Å². The van der Waals surface area contributed by atoms with Crippen LogP contribution in [0.1, 0.15) is 40.5 Å². The Balaban J connectivity index is 2.34. The third-order valence-corrected chi connectivity index (χ3v) is 5.10. The highest BCUT2D eigenvalue weighted by Crippen LogP contribution is 2.48. The molecule has 1 fully saturated rings. The maximum Gasteiger partial charge on any atom is 0.356 e. The van der Waals surface area contributed by atoms with Crippen molar-refractivity contribution in [3.05, 3.63) is 0 Å². The second kappa shape index (κ2) is 8.38. The van der Waals surface area contributed by atoms with Gasteiger partial charge in [-0.05, 0) is 40.5 Å². The van der Waals surface area contributed by atoms with Crippen LogP contribution >= 0.6 is 7.60 Å².